The first-order chi connectivity index (χ1) is 19.8. The van der Waals surface area contributed by atoms with E-state index in [1.54, 1.807) is 0 Å². The number of piperidine rings is 3. The molecule has 249 valence electrons. The number of hydrogen-bond acceptors (Lipinski definition) is 9. The highest BCUT2D eigenvalue weighted by Crippen LogP contribution is 2.46. The molecule has 3 aliphatic rings. The summed E-state index contributed by atoms with van der Waals surface area (Å²) in [4.78, 5) is 19.1. The fourth-order valence-electron chi connectivity index (χ4n) is 8.72. The van der Waals surface area contributed by atoms with Gasteiger partial charge in [-0.1, -0.05) is 0 Å². The smallest absolute Gasteiger partial charge is 0.232 e. The lowest BCUT2D eigenvalue weighted by Crippen LogP contribution is -2.67. The van der Waals surface area contributed by atoms with Crippen LogP contribution < -0.4 is 15.1 Å². The zero-order valence-electron chi connectivity index (χ0n) is 29.8. The van der Waals surface area contributed by atoms with Crippen LogP contribution in [0.4, 0.5) is 17.8 Å². The van der Waals surface area contributed by atoms with Crippen molar-refractivity contribution in [1.29, 1.82) is 0 Å². The van der Waals surface area contributed by atoms with Gasteiger partial charge in [0, 0.05) is 65.5 Å². The molecule has 0 saturated carbocycles. The van der Waals surface area contributed by atoms with Gasteiger partial charge < -0.3 is 15.1 Å². The van der Waals surface area contributed by atoms with Gasteiger partial charge in [-0.25, -0.2) is 0 Å². The van der Waals surface area contributed by atoms with E-state index >= 15 is 0 Å². The third kappa shape index (κ3) is 6.66. The summed E-state index contributed by atoms with van der Waals surface area (Å²) >= 11 is 0. The number of hydrogen-bond donors (Lipinski definition) is 1. The summed E-state index contributed by atoms with van der Waals surface area (Å²) in [6.45, 7) is 24.0. The molecule has 0 spiro atoms. The normalized spacial score (nSPS) is 27.7. The summed E-state index contributed by atoms with van der Waals surface area (Å²) in [5, 5.41) is 47.2. The van der Waals surface area contributed by atoms with Gasteiger partial charge >= 0.3 is 0 Å². The van der Waals surface area contributed by atoms with Gasteiger partial charge in [-0.2, -0.15) is 15.0 Å². The number of aromatic nitrogens is 3. The monoisotopic (exact) mass is 616 g/mol. The van der Waals surface area contributed by atoms with Crippen LogP contribution in [0.1, 0.15) is 122 Å². The van der Waals surface area contributed by atoms with Gasteiger partial charge in [0.05, 0.1) is 0 Å². The lowest BCUT2D eigenvalue weighted by atomic mass is 9.75. The molecule has 0 atom stereocenters. The van der Waals surface area contributed by atoms with Crippen molar-refractivity contribution in [3.63, 3.8) is 0 Å². The maximum Gasteiger partial charge on any atom is 0.232 e. The molecular formula is C32H58N9O3. The summed E-state index contributed by atoms with van der Waals surface area (Å²) in [7, 11) is 3.83. The molecule has 0 aromatic carbocycles. The van der Waals surface area contributed by atoms with E-state index < -0.39 is 33.2 Å². The molecule has 12 heteroatoms. The average molecular weight is 617 g/mol. The highest BCUT2D eigenvalue weighted by molar-refractivity contribution is 5.47. The summed E-state index contributed by atoms with van der Waals surface area (Å²) in [6.07, 6.45) is 3.83. The van der Waals surface area contributed by atoms with Crippen LogP contribution in [0, 0.1) is 0 Å². The Kier molecular flexibility index (Phi) is 8.88. The first kappa shape index (κ1) is 35.0. The molecule has 0 unspecified atom stereocenters. The fourth-order valence-corrected chi connectivity index (χ4v) is 8.72. The molecule has 3 saturated heterocycles. The van der Waals surface area contributed by atoms with Gasteiger partial charge in [0.15, 0.2) is 0 Å². The zero-order chi connectivity index (χ0) is 33.4. The zero-order valence-corrected chi connectivity index (χ0v) is 29.8. The molecule has 3 aliphatic heterocycles. The Bertz CT molecular complexity index is 1100. The van der Waals surface area contributed by atoms with E-state index in [1.165, 1.54) is 15.2 Å². The van der Waals surface area contributed by atoms with Crippen molar-refractivity contribution in [2.75, 3.05) is 29.2 Å². The molecule has 0 bridgehead atoms. The van der Waals surface area contributed by atoms with Crippen molar-refractivity contribution >= 4 is 17.8 Å². The van der Waals surface area contributed by atoms with E-state index in [0.29, 0.717) is 56.4 Å². The van der Waals surface area contributed by atoms with Crippen LogP contribution in [0.25, 0.3) is 0 Å². The van der Waals surface area contributed by atoms with Crippen molar-refractivity contribution in [2.24, 2.45) is 0 Å². The minimum absolute atomic E-state index is 0.00736. The molecule has 4 heterocycles. The van der Waals surface area contributed by atoms with Crippen LogP contribution in [-0.2, 0) is 15.6 Å². The third-order valence-electron chi connectivity index (χ3n) is 10.1. The minimum atomic E-state index is -0.600. The van der Waals surface area contributed by atoms with Gasteiger partial charge in [0.2, 0.25) is 17.8 Å². The van der Waals surface area contributed by atoms with E-state index in [9.17, 15) is 15.6 Å². The lowest BCUT2D eigenvalue weighted by molar-refractivity contribution is -0.294. The van der Waals surface area contributed by atoms with Crippen LogP contribution in [0.15, 0.2) is 0 Å². The minimum Gasteiger partial charge on any atom is -0.351 e. The summed E-state index contributed by atoms with van der Waals surface area (Å²) < 4.78 is 0. The Hall–Kier alpha value is -1.83. The van der Waals surface area contributed by atoms with Crippen LogP contribution in [0.3, 0.4) is 0 Å². The van der Waals surface area contributed by atoms with E-state index in [4.69, 9.17) is 15.0 Å². The molecular weight excluding hydrogens is 558 g/mol. The Morgan fingerprint density at radius 3 is 1.20 bits per heavy atom. The molecule has 1 aromatic heterocycles. The maximum absolute atomic E-state index is 13.4. The van der Waals surface area contributed by atoms with Crippen molar-refractivity contribution < 1.29 is 15.6 Å². The van der Waals surface area contributed by atoms with Gasteiger partial charge in [0.1, 0.15) is 0 Å². The predicted molar refractivity (Wildman–Crippen MR) is 171 cm³/mol. The second-order valence-corrected chi connectivity index (χ2v) is 17.7. The van der Waals surface area contributed by atoms with E-state index in [0.717, 1.165) is 0 Å². The summed E-state index contributed by atoms with van der Waals surface area (Å²) in [6, 6.07) is -0.0780. The van der Waals surface area contributed by atoms with Crippen molar-refractivity contribution in [3.05, 3.63) is 0 Å². The van der Waals surface area contributed by atoms with Crippen molar-refractivity contribution in [2.45, 2.75) is 173 Å². The fraction of sp³-hybridized carbons (Fsp3) is 0.906. The molecule has 44 heavy (non-hydrogen) atoms. The number of nitrogens with zero attached hydrogens (tertiary/aromatic N) is 8. The molecule has 0 amide bonds. The first-order valence-corrected chi connectivity index (χ1v) is 16.2. The molecule has 1 N–H and O–H groups in total. The Morgan fingerprint density at radius 1 is 0.545 bits per heavy atom. The number of hydroxylamine groups is 6. The summed E-state index contributed by atoms with van der Waals surface area (Å²) in [5.41, 5.74) is -3.49. The average Bonchev–Trinajstić information content (AvgIpc) is 2.83. The highest BCUT2D eigenvalue weighted by atomic mass is 16.5. The van der Waals surface area contributed by atoms with Crippen LogP contribution in [0.2, 0.25) is 0 Å². The highest BCUT2D eigenvalue weighted by Gasteiger charge is 2.53. The standard InChI is InChI=1S/C32H58N9O3/c1-27(2)15-21(16-28(3,4)39(27)42)33-24-34-25(37(13)14)36-26(35-24)38(22-17-29(5,6)40(43)30(7,8)18-22)23-19-31(9,10)41(44)32(11,12)20-23/h21-23H,15-20H2,1-14H3,(H,33,34,35,36). The predicted octanol–water partition coefficient (Wildman–Crippen LogP) is 5.26. The third-order valence-corrected chi connectivity index (χ3v) is 10.1. The number of rotatable bonds is 6. The molecule has 12 nitrogen and oxygen atoms in total. The Balaban J connectivity index is 1.82. The second kappa shape index (κ2) is 11.2. The van der Waals surface area contributed by atoms with Gasteiger partial charge in [0.25, 0.3) is 0 Å². The van der Waals surface area contributed by atoms with Gasteiger partial charge in [-0.05, 0) is 122 Å². The van der Waals surface area contributed by atoms with E-state index in [1.807, 2.05) is 102 Å². The van der Waals surface area contributed by atoms with Gasteiger partial charge in [-0.15, -0.1) is 30.8 Å². The molecule has 3 fully saturated rings. The van der Waals surface area contributed by atoms with E-state index in [2.05, 4.69) is 10.2 Å². The molecule has 3 radical (unpaired) electrons. The number of anilines is 3. The SMILES string of the molecule is CN(C)c1nc(NC2CC(C)(C)N([O])C(C)(C)C2)nc(N(C2CC(C)(C)N([O])C(C)(C)C2)C2CC(C)(C)N([O])C(C)(C)C2)n1. The topological polar surface area (TPSA) is 127 Å². The summed E-state index contributed by atoms with van der Waals surface area (Å²) in [5.74, 6) is 1.55. The van der Waals surface area contributed by atoms with Gasteiger partial charge in [-0.3, -0.25) is 0 Å². The van der Waals surface area contributed by atoms with E-state index in [-0.39, 0.29) is 18.1 Å². The molecule has 1 aromatic rings. The van der Waals surface area contributed by atoms with Crippen LogP contribution in [0.5, 0.6) is 0 Å². The van der Waals surface area contributed by atoms with Crippen molar-refractivity contribution in [3.8, 4) is 0 Å². The van der Waals surface area contributed by atoms with Crippen molar-refractivity contribution in [1.82, 2.24) is 30.1 Å². The largest absolute Gasteiger partial charge is 0.351 e. The Labute approximate surface area is 265 Å². The van der Waals surface area contributed by atoms with Crippen LogP contribution in [-0.4, -0.2) is 95.6 Å². The second-order valence-electron chi connectivity index (χ2n) is 17.7. The number of nitrogens with one attached hydrogen (secondary N) is 1. The maximum atomic E-state index is 13.4. The molecule has 4 rings (SSSR count). The lowest BCUT2D eigenvalue weighted by Gasteiger charge is -2.57. The molecule has 0 aliphatic carbocycles. The Morgan fingerprint density at radius 2 is 0.864 bits per heavy atom. The van der Waals surface area contributed by atoms with Crippen LogP contribution >= 0.6 is 0 Å². The first-order valence-electron chi connectivity index (χ1n) is 16.2. The quantitative estimate of drug-likeness (QED) is 0.456.